The van der Waals surface area contributed by atoms with Crippen LogP contribution in [0.25, 0.3) is 0 Å². The van der Waals surface area contributed by atoms with Crippen molar-refractivity contribution in [1.29, 1.82) is 0 Å². The minimum Gasteiger partial charge on any atom is -0.364 e. The number of aromatic amines is 1. The first kappa shape index (κ1) is 8.82. The summed E-state index contributed by atoms with van der Waals surface area (Å²) in [6.07, 6.45) is 4.67. The van der Waals surface area contributed by atoms with Gasteiger partial charge in [-0.05, 0) is 45.4 Å². The van der Waals surface area contributed by atoms with Crippen LogP contribution >= 0.6 is 0 Å². The van der Waals surface area contributed by atoms with Crippen molar-refractivity contribution < 1.29 is 0 Å². The first-order chi connectivity index (χ1) is 6.18. The van der Waals surface area contributed by atoms with E-state index >= 15 is 0 Å². The maximum atomic E-state index is 3.26. The highest BCUT2D eigenvalue weighted by Gasteiger charge is 2.31. The lowest BCUT2D eigenvalue weighted by Crippen LogP contribution is -2.37. The van der Waals surface area contributed by atoms with E-state index in [-0.39, 0.29) is 0 Å². The second kappa shape index (κ2) is 3.18. The topological polar surface area (TPSA) is 19.0 Å². The van der Waals surface area contributed by atoms with Crippen molar-refractivity contribution in [2.45, 2.75) is 38.8 Å². The number of nitrogens with one attached hydrogen (secondary N) is 1. The monoisotopic (exact) mass is 178 g/mol. The lowest BCUT2D eigenvalue weighted by atomic mass is 10.0. The van der Waals surface area contributed by atoms with Crippen LogP contribution in [-0.4, -0.2) is 22.0 Å². The number of likely N-dealkylation sites (tertiary alicyclic amines) is 1. The molecular weight excluding hydrogens is 160 g/mol. The minimum atomic E-state index is 0.394. The Morgan fingerprint density at radius 3 is 2.92 bits per heavy atom. The molecule has 0 saturated carbocycles. The molecule has 1 aliphatic rings. The van der Waals surface area contributed by atoms with Gasteiger partial charge in [-0.3, -0.25) is 4.90 Å². The van der Waals surface area contributed by atoms with Gasteiger partial charge in [-0.1, -0.05) is 0 Å². The Bertz CT molecular complexity index is 262. The minimum absolute atomic E-state index is 0.394. The molecule has 0 spiro atoms. The van der Waals surface area contributed by atoms with Crippen LogP contribution in [0.3, 0.4) is 0 Å². The van der Waals surface area contributed by atoms with Crippen molar-refractivity contribution in [2.75, 3.05) is 6.54 Å². The van der Waals surface area contributed by atoms with Gasteiger partial charge in [0.15, 0.2) is 0 Å². The molecule has 13 heavy (non-hydrogen) atoms. The molecule has 1 aromatic rings. The molecule has 1 fully saturated rings. The largest absolute Gasteiger partial charge is 0.364 e. The maximum Gasteiger partial charge on any atom is 0.0390 e. The van der Waals surface area contributed by atoms with Crippen LogP contribution in [-0.2, 0) is 6.54 Å². The molecule has 1 aromatic heterocycles. The summed E-state index contributed by atoms with van der Waals surface area (Å²) < 4.78 is 0. The predicted octanol–water partition coefficient (Wildman–Crippen LogP) is 2.39. The highest BCUT2D eigenvalue weighted by molar-refractivity contribution is 5.05. The van der Waals surface area contributed by atoms with Gasteiger partial charge in [-0.15, -0.1) is 0 Å². The molecule has 0 aliphatic carbocycles. The second-order valence-corrected chi connectivity index (χ2v) is 4.53. The van der Waals surface area contributed by atoms with Crippen molar-refractivity contribution in [1.82, 2.24) is 9.88 Å². The molecule has 2 nitrogen and oxygen atoms in total. The number of aromatic nitrogens is 1. The molecule has 1 saturated heterocycles. The van der Waals surface area contributed by atoms with Crippen LogP contribution in [0.15, 0.2) is 18.3 Å². The molecule has 0 amide bonds. The zero-order valence-electron chi connectivity index (χ0n) is 8.51. The number of hydrogen-bond acceptors (Lipinski definition) is 1. The summed E-state index contributed by atoms with van der Waals surface area (Å²) in [5, 5.41) is 0. The number of nitrogens with zero attached hydrogens (tertiary/aromatic N) is 1. The van der Waals surface area contributed by atoms with Gasteiger partial charge in [-0.25, -0.2) is 0 Å². The molecule has 0 unspecified atom stereocenters. The molecule has 0 radical (unpaired) electrons. The van der Waals surface area contributed by atoms with E-state index in [0.717, 1.165) is 6.54 Å². The molecule has 0 bridgehead atoms. The molecule has 2 heterocycles. The van der Waals surface area contributed by atoms with Gasteiger partial charge < -0.3 is 4.98 Å². The molecule has 0 aromatic carbocycles. The molecule has 1 N–H and O–H groups in total. The van der Waals surface area contributed by atoms with Crippen molar-refractivity contribution in [3.63, 3.8) is 0 Å². The summed E-state index contributed by atoms with van der Waals surface area (Å²) in [5.74, 6) is 0. The van der Waals surface area contributed by atoms with E-state index in [1.165, 1.54) is 25.1 Å². The van der Waals surface area contributed by atoms with Crippen LogP contribution in [0.1, 0.15) is 32.4 Å². The third kappa shape index (κ3) is 1.78. The number of rotatable bonds is 2. The van der Waals surface area contributed by atoms with E-state index in [2.05, 4.69) is 35.9 Å². The van der Waals surface area contributed by atoms with Crippen molar-refractivity contribution in [2.24, 2.45) is 0 Å². The summed E-state index contributed by atoms with van der Waals surface area (Å²) in [5.41, 5.74) is 1.72. The van der Waals surface area contributed by atoms with Crippen molar-refractivity contribution in [3.8, 4) is 0 Å². The van der Waals surface area contributed by atoms with Crippen LogP contribution in [0.5, 0.6) is 0 Å². The molecule has 2 rings (SSSR count). The summed E-state index contributed by atoms with van der Waals surface area (Å²) in [7, 11) is 0. The number of hydrogen-bond donors (Lipinski definition) is 1. The third-order valence-corrected chi connectivity index (χ3v) is 3.10. The molecular formula is C11H18N2. The number of H-pyrrole nitrogens is 1. The Morgan fingerprint density at radius 2 is 2.38 bits per heavy atom. The Balaban J connectivity index is 2.02. The van der Waals surface area contributed by atoms with Gasteiger partial charge in [0.25, 0.3) is 0 Å². The fourth-order valence-corrected chi connectivity index (χ4v) is 2.13. The highest BCUT2D eigenvalue weighted by atomic mass is 15.2. The average Bonchev–Trinajstić information content (AvgIpc) is 2.63. The molecule has 2 heteroatoms. The second-order valence-electron chi connectivity index (χ2n) is 4.53. The summed E-state index contributed by atoms with van der Waals surface area (Å²) in [6, 6.07) is 4.23. The van der Waals surface area contributed by atoms with Crippen LogP contribution in [0.2, 0.25) is 0 Å². The zero-order chi connectivity index (χ0) is 9.31. The van der Waals surface area contributed by atoms with E-state index in [1.54, 1.807) is 0 Å². The quantitative estimate of drug-likeness (QED) is 0.736. The van der Waals surface area contributed by atoms with E-state index in [9.17, 15) is 0 Å². The van der Waals surface area contributed by atoms with E-state index < -0.39 is 0 Å². The SMILES string of the molecule is CC1(C)CCCN1Cc1ccc[nH]1. The van der Waals surface area contributed by atoms with E-state index in [4.69, 9.17) is 0 Å². The molecule has 0 atom stereocenters. The molecule has 72 valence electrons. The summed E-state index contributed by atoms with van der Waals surface area (Å²) in [4.78, 5) is 5.81. The first-order valence-electron chi connectivity index (χ1n) is 5.06. The lowest BCUT2D eigenvalue weighted by Gasteiger charge is -2.31. The summed E-state index contributed by atoms with van der Waals surface area (Å²) >= 11 is 0. The normalized spacial score (nSPS) is 22.3. The van der Waals surface area contributed by atoms with Crippen LogP contribution in [0.4, 0.5) is 0 Å². The van der Waals surface area contributed by atoms with Gasteiger partial charge in [0.05, 0.1) is 0 Å². The van der Waals surface area contributed by atoms with Crippen LogP contribution in [0, 0.1) is 0 Å². The highest BCUT2D eigenvalue weighted by Crippen LogP contribution is 2.29. The lowest BCUT2D eigenvalue weighted by molar-refractivity contribution is 0.165. The van der Waals surface area contributed by atoms with Gasteiger partial charge >= 0.3 is 0 Å². The van der Waals surface area contributed by atoms with Crippen molar-refractivity contribution in [3.05, 3.63) is 24.0 Å². The Labute approximate surface area is 79.9 Å². The van der Waals surface area contributed by atoms with Gasteiger partial charge in [0.1, 0.15) is 0 Å². The summed E-state index contributed by atoms with van der Waals surface area (Å²) in [6.45, 7) is 6.98. The van der Waals surface area contributed by atoms with Gasteiger partial charge in [-0.2, -0.15) is 0 Å². The Hall–Kier alpha value is -0.760. The Morgan fingerprint density at radius 1 is 1.54 bits per heavy atom. The fraction of sp³-hybridized carbons (Fsp3) is 0.636. The average molecular weight is 178 g/mol. The van der Waals surface area contributed by atoms with Gasteiger partial charge in [0, 0.05) is 24.0 Å². The van der Waals surface area contributed by atoms with Crippen LogP contribution < -0.4 is 0 Å². The predicted molar refractivity (Wildman–Crippen MR) is 54.5 cm³/mol. The standard InChI is InChI=1S/C11H18N2/c1-11(2)6-4-8-13(11)9-10-5-3-7-12-10/h3,5,7,12H,4,6,8-9H2,1-2H3. The van der Waals surface area contributed by atoms with Crippen molar-refractivity contribution >= 4 is 0 Å². The van der Waals surface area contributed by atoms with E-state index in [1.807, 2.05) is 6.20 Å². The smallest absolute Gasteiger partial charge is 0.0390 e. The Kier molecular flexibility index (Phi) is 2.16. The maximum absolute atomic E-state index is 3.26. The first-order valence-corrected chi connectivity index (χ1v) is 5.06. The molecule has 1 aliphatic heterocycles. The fourth-order valence-electron chi connectivity index (χ4n) is 2.13. The zero-order valence-corrected chi connectivity index (χ0v) is 8.51. The third-order valence-electron chi connectivity index (χ3n) is 3.10. The van der Waals surface area contributed by atoms with Gasteiger partial charge in [0.2, 0.25) is 0 Å². The van der Waals surface area contributed by atoms with E-state index in [0.29, 0.717) is 5.54 Å².